The first-order chi connectivity index (χ1) is 7.98. The average Bonchev–Trinajstić information content (AvgIpc) is 2.29. The molecule has 0 N–H and O–H groups in total. The van der Waals surface area contributed by atoms with Gasteiger partial charge in [-0.1, -0.05) is 30.3 Å². The highest BCUT2D eigenvalue weighted by molar-refractivity contribution is 8.13. The van der Waals surface area contributed by atoms with E-state index < -0.39 is 14.9 Å². The van der Waals surface area contributed by atoms with Crippen LogP contribution in [-0.2, 0) is 9.05 Å². The van der Waals surface area contributed by atoms with Crippen molar-refractivity contribution < 1.29 is 12.8 Å². The molecule has 0 aliphatic heterocycles. The molecule has 88 valence electrons. The second-order valence-electron chi connectivity index (χ2n) is 3.45. The number of hydrogen-bond donors (Lipinski definition) is 0. The van der Waals surface area contributed by atoms with E-state index >= 15 is 0 Å². The summed E-state index contributed by atoms with van der Waals surface area (Å²) in [5.41, 5.74) is 0.819. The summed E-state index contributed by atoms with van der Waals surface area (Å²) in [7, 11) is 1.44. The summed E-state index contributed by atoms with van der Waals surface area (Å²) < 4.78 is 35.9. The zero-order chi connectivity index (χ0) is 12.5. The van der Waals surface area contributed by atoms with Crippen LogP contribution in [-0.4, -0.2) is 8.42 Å². The van der Waals surface area contributed by atoms with E-state index in [1.165, 1.54) is 24.3 Å². The predicted molar refractivity (Wildman–Crippen MR) is 64.9 cm³/mol. The molecule has 2 aromatic carbocycles. The van der Waals surface area contributed by atoms with Gasteiger partial charge in [0.05, 0.1) is 4.90 Å². The van der Waals surface area contributed by atoms with Crippen LogP contribution < -0.4 is 0 Å². The van der Waals surface area contributed by atoms with Gasteiger partial charge in [0.25, 0.3) is 9.05 Å². The molecule has 0 radical (unpaired) electrons. The van der Waals surface area contributed by atoms with Gasteiger partial charge in [-0.25, -0.2) is 12.8 Å². The summed E-state index contributed by atoms with van der Waals surface area (Å²) in [5, 5.41) is 0. The molecule has 0 heterocycles. The van der Waals surface area contributed by atoms with Gasteiger partial charge < -0.3 is 0 Å². The van der Waals surface area contributed by atoms with Gasteiger partial charge in [-0.05, 0) is 23.8 Å². The Morgan fingerprint density at radius 1 is 1.00 bits per heavy atom. The molecule has 2 aromatic rings. The summed E-state index contributed by atoms with van der Waals surface area (Å²) in [4.78, 5) is -0.0417. The number of rotatable bonds is 2. The minimum absolute atomic E-state index is 0.0417. The fourth-order valence-corrected chi connectivity index (χ4v) is 2.31. The van der Waals surface area contributed by atoms with E-state index in [2.05, 4.69) is 0 Å². The lowest BCUT2D eigenvalue weighted by atomic mass is 10.1. The Morgan fingerprint density at radius 3 is 2.35 bits per heavy atom. The molecule has 0 saturated carbocycles. The zero-order valence-corrected chi connectivity index (χ0v) is 10.2. The van der Waals surface area contributed by atoms with Crippen LogP contribution >= 0.6 is 10.7 Å². The molecule has 0 spiro atoms. The SMILES string of the molecule is O=S(=O)(Cl)c1cccc(-c2ccccc2F)c1. The van der Waals surface area contributed by atoms with Crippen LogP contribution in [0.3, 0.4) is 0 Å². The zero-order valence-electron chi connectivity index (χ0n) is 8.60. The minimum atomic E-state index is -3.80. The Morgan fingerprint density at radius 2 is 1.71 bits per heavy atom. The van der Waals surface area contributed by atoms with Gasteiger partial charge in [0, 0.05) is 16.2 Å². The normalized spacial score (nSPS) is 11.4. The second kappa shape index (κ2) is 4.47. The summed E-state index contributed by atoms with van der Waals surface area (Å²) >= 11 is 0. The maximum Gasteiger partial charge on any atom is 0.261 e. The molecule has 0 aliphatic carbocycles. The molecule has 0 bridgehead atoms. The van der Waals surface area contributed by atoms with E-state index in [0.717, 1.165) is 0 Å². The monoisotopic (exact) mass is 270 g/mol. The van der Waals surface area contributed by atoms with Crippen LogP contribution in [0.4, 0.5) is 4.39 Å². The first-order valence-electron chi connectivity index (χ1n) is 4.78. The number of benzene rings is 2. The van der Waals surface area contributed by atoms with Gasteiger partial charge in [0.1, 0.15) is 5.82 Å². The van der Waals surface area contributed by atoms with Crippen LogP contribution in [0, 0.1) is 5.82 Å². The third kappa shape index (κ3) is 2.65. The van der Waals surface area contributed by atoms with Gasteiger partial charge in [-0.2, -0.15) is 0 Å². The molecule has 0 fully saturated rings. The molecule has 0 amide bonds. The van der Waals surface area contributed by atoms with Crippen LogP contribution in [0.15, 0.2) is 53.4 Å². The van der Waals surface area contributed by atoms with E-state index in [-0.39, 0.29) is 4.90 Å². The molecule has 0 aromatic heterocycles. The molecular weight excluding hydrogens is 263 g/mol. The van der Waals surface area contributed by atoms with Crippen molar-refractivity contribution >= 4 is 19.7 Å². The summed E-state index contributed by atoms with van der Waals surface area (Å²) in [6.07, 6.45) is 0. The highest BCUT2D eigenvalue weighted by atomic mass is 35.7. The molecule has 2 nitrogen and oxygen atoms in total. The maximum atomic E-state index is 13.5. The van der Waals surface area contributed by atoms with Crippen LogP contribution in [0.2, 0.25) is 0 Å². The van der Waals surface area contributed by atoms with Crippen molar-refractivity contribution in [3.63, 3.8) is 0 Å². The molecule has 0 saturated heterocycles. The van der Waals surface area contributed by atoms with Crippen molar-refractivity contribution in [1.29, 1.82) is 0 Å². The first kappa shape index (κ1) is 12.1. The Balaban J connectivity index is 2.59. The Kier molecular flexibility index (Phi) is 3.17. The summed E-state index contributed by atoms with van der Waals surface area (Å²) in [5.74, 6) is -0.406. The lowest BCUT2D eigenvalue weighted by Gasteiger charge is -2.04. The van der Waals surface area contributed by atoms with Gasteiger partial charge in [0.15, 0.2) is 0 Å². The third-order valence-corrected chi connectivity index (χ3v) is 3.65. The highest BCUT2D eigenvalue weighted by Crippen LogP contribution is 2.26. The Labute approximate surface area is 103 Å². The van der Waals surface area contributed by atoms with E-state index in [9.17, 15) is 12.8 Å². The van der Waals surface area contributed by atoms with Crippen LogP contribution in [0.5, 0.6) is 0 Å². The van der Waals surface area contributed by atoms with Crippen molar-refractivity contribution in [3.05, 3.63) is 54.3 Å². The second-order valence-corrected chi connectivity index (χ2v) is 6.01. The molecule has 0 unspecified atom stereocenters. The molecule has 0 atom stereocenters. The summed E-state index contributed by atoms with van der Waals surface area (Å²) in [6.45, 7) is 0. The van der Waals surface area contributed by atoms with Crippen molar-refractivity contribution in [2.45, 2.75) is 4.90 Å². The lowest BCUT2D eigenvalue weighted by Crippen LogP contribution is -1.91. The topological polar surface area (TPSA) is 34.1 Å². The third-order valence-electron chi connectivity index (χ3n) is 2.30. The number of halogens is 2. The van der Waals surface area contributed by atoms with E-state index in [1.54, 1.807) is 24.3 Å². The van der Waals surface area contributed by atoms with Crippen molar-refractivity contribution in [3.8, 4) is 11.1 Å². The largest absolute Gasteiger partial charge is 0.261 e. The Bertz CT molecular complexity index is 653. The fourth-order valence-electron chi connectivity index (χ4n) is 1.51. The Hall–Kier alpha value is -1.39. The molecule has 17 heavy (non-hydrogen) atoms. The van der Waals surface area contributed by atoms with Gasteiger partial charge in [-0.15, -0.1) is 0 Å². The molecule has 0 aliphatic rings. The van der Waals surface area contributed by atoms with Crippen molar-refractivity contribution in [2.24, 2.45) is 0 Å². The standard InChI is InChI=1S/C12H8ClFO2S/c13-17(15,16)10-5-3-4-9(8-10)11-6-1-2-7-12(11)14/h1-8H. The molecular formula is C12H8ClFO2S. The van der Waals surface area contributed by atoms with Gasteiger partial charge >= 0.3 is 0 Å². The van der Waals surface area contributed by atoms with E-state index in [1.807, 2.05) is 0 Å². The van der Waals surface area contributed by atoms with Crippen molar-refractivity contribution in [2.75, 3.05) is 0 Å². The maximum absolute atomic E-state index is 13.5. The minimum Gasteiger partial charge on any atom is -0.207 e. The number of hydrogen-bond acceptors (Lipinski definition) is 2. The van der Waals surface area contributed by atoms with Gasteiger partial charge in [0.2, 0.25) is 0 Å². The molecule has 2 rings (SSSR count). The van der Waals surface area contributed by atoms with Crippen LogP contribution in [0.1, 0.15) is 0 Å². The van der Waals surface area contributed by atoms with E-state index in [0.29, 0.717) is 11.1 Å². The van der Waals surface area contributed by atoms with Gasteiger partial charge in [-0.3, -0.25) is 0 Å². The molecule has 5 heteroatoms. The lowest BCUT2D eigenvalue weighted by molar-refractivity contribution is 0.609. The highest BCUT2D eigenvalue weighted by Gasteiger charge is 2.11. The van der Waals surface area contributed by atoms with E-state index in [4.69, 9.17) is 10.7 Å². The quantitative estimate of drug-likeness (QED) is 0.784. The average molecular weight is 271 g/mol. The van der Waals surface area contributed by atoms with Crippen molar-refractivity contribution in [1.82, 2.24) is 0 Å². The smallest absolute Gasteiger partial charge is 0.207 e. The fraction of sp³-hybridized carbons (Fsp3) is 0. The van der Waals surface area contributed by atoms with Crippen LogP contribution in [0.25, 0.3) is 11.1 Å². The predicted octanol–water partition coefficient (Wildman–Crippen LogP) is 3.42. The summed E-state index contributed by atoms with van der Waals surface area (Å²) in [6, 6.07) is 12.0. The first-order valence-corrected chi connectivity index (χ1v) is 7.09.